The number of rotatable bonds is 3. The smallest absolute Gasteiger partial charge is 0.410 e. The normalized spacial score (nSPS) is 21.9. The fourth-order valence-electron chi connectivity index (χ4n) is 4.74. The maximum atomic E-state index is 12.5. The van der Waals surface area contributed by atoms with Crippen molar-refractivity contribution >= 4 is 49.5 Å². The van der Waals surface area contributed by atoms with Crippen LogP contribution in [-0.4, -0.2) is 64.7 Å². The molecule has 2 bridgehead atoms. The fraction of sp³-hybridized carbons (Fsp3) is 0.478. The van der Waals surface area contributed by atoms with Gasteiger partial charge in [-0.15, -0.1) is 0 Å². The summed E-state index contributed by atoms with van der Waals surface area (Å²) in [7, 11) is 0. The summed E-state index contributed by atoms with van der Waals surface area (Å²) in [5, 5.41) is 0. The van der Waals surface area contributed by atoms with Crippen LogP contribution in [0.1, 0.15) is 27.2 Å². The van der Waals surface area contributed by atoms with Crippen LogP contribution >= 0.6 is 31.9 Å². The van der Waals surface area contributed by atoms with E-state index in [1.54, 1.807) is 6.20 Å². The van der Waals surface area contributed by atoms with Gasteiger partial charge in [-0.05, 0) is 61.3 Å². The van der Waals surface area contributed by atoms with Gasteiger partial charge in [0.2, 0.25) is 0 Å². The van der Waals surface area contributed by atoms with Crippen LogP contribution in [-0.2, 0) is 4.74 Å². The molecule has 0 saturated carbocycles. The second kappa shape index (κ2) is 8.18. The molecule has 1 aromatic heterocycles. The molecule has 5 rings (SSSR count). The first kappa shape index (κ1) is 22.0. The van der Waals surface area contributed by atoms with Gasteiger partial charge in [-0.1, -0.05) is 15.9 Å². The number of piperazine rings is 1. The second-order valence-corrected chi connectivity index (χ2v) is 11.3. The van der Waals surface area contributed by atoms with E-state index in [0.29, 0.717) is 6.04 Å². The van der Waals surface area contributed by atoms with Gasteiger partial charge in [0.25, 0.3) is 0 Å². The SMILES string of the molecule is CC(C)(C)OC(=O)N1C[C@@H]2C[C@H]1CN2CCN1c2ccc(Br)cc2Oc2cc(Br)cnc21. The van der Waals surface area contributed by atoms with Crippen LogP contribution in [0.2, 0.25) is 0 Å². The third kappa shape index (κ3) is 4.22. The predicted octanol–water partition coefficient (Wildman–Crippen LogP) is 5.54. The zero-order valence-electron chi connectivity index (χ0n) is 18.3. The zero-order valence-corrected chi connectivity index (χ0v) is 21.5. The minimum atomic E-state index is -0.466. The molecule has 1 aromatic carbocycles. The molecule has 2 fully saturated rings. The Hall–Kier alpha value is -1.84. The van der Waals surface area contributed by atoms with Gasteiger partial charge in [0.15, 0.2) is 17.3 Å². The van der Waals surface area contributed by atoms with Gasteiger partial charge in [0.1, 0.15) is 5.60 Å². The van der Waals surface area contributed by atoms with Gasteiger partial charge in [-0.25, -0.2) is 9.78 Å². The quantitative estimate of drug-likeness (QED) is 0.487. The van der Waals surface area contributed by atoms with Crippen LogP contribution in [0.4, 0.5) is 16.3 Å². The molecule has 0 unspecified atom stereocenters. The molecule has 0 spiro atoms. The van der Waals surface area contributed by atoms with Crippen LogP contribution in [0.25, 0.3) is 0 Å². The fourth-order valence-corrected chi connectivity index (χ4v) is 5.39. The van der Waals surface area contributed by atoms with Crippen LogP contribution in [0.5, 0.6) is 11.5 Å². The first-order chi connectivity index (χ1) is 15.2. The number of aromatic nitrogens is 1. The van der Waals surface area contributed by atoms with Crippen LogP contribution in [0.15, 0.2) is 39.4 Å². The van der Waals surface area contributed by atoms with E-state index in [1.165, 1.54) is 0 Å². The van der Waals surface area contributed by atoms with E-state index in [0.717, 1.165) is 64.5 Å². The first-order valence-electron chi connectivity index (χ1n) is 10.8. The highest BCUT2D eigenvalue weighted by Crippen LogP contribution is 2.47. The molecule has 4 heterocycles. The lowest BCUT2D eigenvalue weighted by Crippen LogP contribution is -2.51. The number of ether oxygens (including phenoxy) is 2. The molecule has 3 aliphatic rings. The van der Waals surface area contributed by atoms with E-state index < -0.39 is 5.60 Å². The molecule has 32 heavy (non-hydrogen) atoms. The summed E-state index contributed by atoms with van der Waals surface area (Å²) in [5.74, 6) is 2.37. The average Bonchev–Trinajstić information content (AvgIpc) is 3.30. The summed E-state index contributed by atoms with van der Waals surface area (Å²) in [5.41, 5.74) is 0.544. The minimum absolute atomic E-state index is 0.193. The predicted molar refractivity (Wildman–Crippen MR) is 130 cm³/mol. The molecule has 2 saturated heterocycles. The van der Waals surface area contributed by atoms with E-state index >= 15 is 0 Å². The summed E-state index contributed by atoms with van der Waals surface area (Å²) in [6.45, 7) is 9.01. The minimum Gasteiger partial charge on any atom is -0.451 e. The topological polar surface area (TPSA) is 58.1 Å². The molecule has 1 amide bonds. The first-order valence-corrected chi connectivity index (χ1v) is 12.4. The van der Waals surface area contributed by atoms with E-state index in [-0.39, 0.29) is 12.1 Å². The number of anilines is 2. The van der Waals surface area contributed by atoms with Crippen molar-refractivity contribution in [3.8, 4) is 11.5 Å². The lowest BCUT2D eigenvalue weighted by Gasteiger charge is -2.37. The van der Waals surface area contributed by atoms with E-state index in [4.69, 9.17) is 9.47 Å². The number of hydrogen-bond acceptors (Lipinski definition) is 6. The number of benzene rings is 1. The maximum absolute atomic E-state index is 12.5. The number of fused-ring (bicyclic) bond motifs is 4. The summed E-state index contributed by atoms with van der Waals surface area (Å²) < 4.78 is 13.6. The highest BCUT2D eigenvalue weighted by molar-refractivity contribution is 9.10. The highest BCUT2D eigenvalue weighted by atomic mass is 79.9. The molecule has 2 atom stereocenters. The van der Waals surface area contributed by atoms with Gasteiger partial charge < -0.3 is 19.3 Å². The number of hydrogen-bond donors (Lipinski definition) is 0. The number of carbonyl (C=O) groups excluding carboxylic acids is 1. The zero-order chi connectivity index (χ0) is 22.6. The Kier molecular flexibility index (Phi) is 5.62. The third-order valence-corrected chi connectivity index (χ3v) is 7.01. The summed E-state index contributed by atoms with van der Waals surface area (Å²) in [6, 6.07) is 8.62. The van der Waals surface area contributed by atoms with Crippen molar-refractivity contribution < 1.29 is 14.3 Å². The van der Waals surface area contributed by atoms with Crippen LogP contribution in [0.3, 0.4) is 0 Å². The maximum Gasteiger partial charge on any atom is 0.410 e. The summed E-state index contributed by atoms with van der Waals surface area (Å²) in [4.78, 5) is 23.8. The summed E-state index contributed by atoms with van der Waals surface area (Å²) in [6.07, 6.45) is 2.62. The Morgan fingerprint density at radius 2 is 1.91 bits per heavy atom. The monoisotopic (exact) mass is 564 g/mol. The lowest BCUT2D eigenvalue weighted by molar-refractivity contribution is 0.0132. The van der Waals surface area contributed by atoms with Crippen molar-refractivity contribution in [1.29, 1.82) is 0 Å². The molecular formula is C23H26Br2N4O3. The van der Waals surface area contributed by atoms with Crippen molar-refractivity contribution in [3.63, 3.8) is 0 Å². The Morgan fingerprint density at radius 3 is 2.62 bits per heavy atom. The number of carbonyl (C=O) groups is 1. The van der Waals surface area contributed by atoms with Crippen molar-refractivity contribution in [2.45, 2.75) is 44.9 Å². The number of nitrogens with zero attached hydrogens (tertiary/aromatic N) is 4. The van der Waals surface area contributed by atoms with Gasteiger partial charge in [0, 0.05) is 59.5 Å². The third-order valence-electron chi connectivity index (χ3n) is 6.08. The van der Waals surface area contributed by atoms with Gasteiger partial charge in [0.05, 0.1) is 5.69 Å². The second-order valence-electron chi connectivity index (χ2n) is 9.51. The van der Waals surface area contributed by atoms with Gasteiger partial charge >= 0.3 is 6.09 Å². The van der Waals surface area contributed by atoms with E-state index in [9.17, 15) is 4.79 Å². The number of halogens is 2. The van der Waals surface area contributed by atoms with Crippen molar-refractivity contribution in [3.05, 3.63) is 39.4 Å². The van der Waals surface area contributed by atoms with Crippen molar-refractivity contribution in [2.24, 2.45) is 0 Å². The number of amides is 1. The molecule has 0 radical (unpaired) electrons. The molecule has 170 valence electrons. The molecule has 3 aliphatic heterocycles. The molecular weight excluding hydrogens is 540 g/mol. The largest absolute Gasteiger partial charge is 0.451 e. The van der Waals surface area contributed by atoms with Gasteiger partial charge in [-0.2, -0.15) is 0 Å². The number of pyridine rings is 1. The highest BCUT2D eigenvalue weighted by Gasteiger charge is 2.46. The molecule has 7 nitrogen and oxygen atoms in total. The molecule has 0 aliphatic carbocycles. The van der Waals surface area contributed by atoms with Crippen molar-refractivity contribution in [2.75, 3.05) is 31.1 Å². The Morgan fingerprint density at radius 1 is 1.12 bits per heavy atom. The number of likely N-dealkylation sites (tertiary alicyclic amines) is 2. The van der Waals surface area contributed by atoms with E-state index in [1.807, 2.05) is 43.9 Å². The van der Waals surface area contributed by atoms with Crippen LogP contribution in [0, 0.1) is 0 Å². The van der Waals surface area contributed by atoms with Crippen molar-refractivity contribution in [1.82, 2.24) is 14.8 Å². The Balaban J connectivity index is 1.29. The summed E-state index contributed by atoms with van der Waals surface area (Å²) >= 11 is 7.04. The lowest BCUT2D eigenvalue weighted by atomic mass is 10.2. The Bertz CT molecular complexity index is 1010. The Labute approximate surface area is 204 Å². The molecule has 9 heteroatoms. The standard InChI is InChI=1S/C23H26Br2N4O3/c1-23(2,3)32-22(30)29-13-16-10-17(29)12-27(16)6-7-28-18-5-4-14(24)8-19(18)31-20-9-15(25)11-26-21(20)28/h4-5,8-9,11,16-17H,6-7,10,12-13H2,1-3H3/t16-,17-/m0/s1. The molecule has 2 aromatic rings. The van der Waals surface area contributed by atoms with E-state index in [2.05, 4.69) is 52.7 Å². The molecule has 0 N–H and O–H groups in total. The average molecular weight is 566 g/mol. The van der Waals surface area contributed by atoms with Gasteiger partial charge in [-0.3, -0.25) is 4.90 Å². The van der Waals surface area contributed by atoms with Crippen LogP contribution < -0.4 is 9.64 Å².